The summed E-state index contributed by atoms with van der Waals surface area (Å²) in [6.07, 6.45) is 2.70. The van der Waals surface area contributed by atoms with Gasteiger partial charge >= 0.3 is 0 Å². The fraction of sp³-hybridized carbons (Fsp3) is 0.125. The topological polar surface area (TPSA) is 80.4 Å². The quantitative estimate of drug-likeness (QED) is 0.889. The Morgan fingerprint density at radius 3 is 2.29 bits per heavy atom. The number of phenols is 1. The lowest BCUT2D eigenvalue weighted by Crippen LogP contribution is -2.12. The molecule has 0 unspecified atom stereocenters. The van der Waals surface area contributed by atoms with E-state index in [-0.39, 0.29) is 15.7 Å². The molecule has 0 atom stereocenters. The summed E-state index contributed by atoms with van der Waals surface area (Å²) in [6.45, 7) is 0. The Hall–Kier alpha value is -2.27. The fourth-order valence-corrected chi connectivity index (χ4v) is 3.01. The van der Waals surface area contributed by atoms with Crippen molar-refractivity contribution >= 4 is 9.84 Å². The van der Waals surface area contributed by atoms with Crippen molar-refractivity contribution in [3.05, 3.63) is 71.3 Å². The van der Waals surface area contributed by atoms with Crippen LogP contribution in [0.2, 0.25) is 0 Å². The van der Waals surface area contributed by atoms with Crippen LogP contribution in [0.3, 0.4) is 0 Å². The van der Waals surface area contributed by atoms with Crippen molar-refractivity contribution in [2.75, 3.05) is 0 Å². The molecule has 0 aliphatic rings. The third-order valence-corrected chi connectivity index (χ3v) is 4.76. The molecule has 0 fully saturated rings. The van der Waals surface area contributed by atoms with Gasteiger partial charge in [-0.2, -0.15) is 0 Å². The molecule has 0 aliphatic heterocycles. The molecule has 2 rings (SSSR count). The molecule has 0 saturated carbocycles. The molecular formula is C16H17NO3S. The van der Waals surface area contributed by atoms with Crippen LogP contribution in [0, 0.1) is 0 Å². The Morgan fingerprint density at radius 1 is 1.05 bits per heavy atom. The first-order valence-corrected chi connectivity index (χ1v) is 8.02. The minimum atomic E-state index is -3.60. The van der Waals surface area contributed by atoms with Gasteiger partial charge in [0.25, 0.3) is 0 Å². The summed E-state index contributed by atoms with van der Waals surface area (Å²) in [6, 6.07) is 14.9. The van der Waals surface area contributed by atoms with Crippen molar-refractivity contribution in [2.24, 2.45) is 5.73 Å². The standard InChI is InChI=1S/C16H17NO3S/c17-16(21(19,20)15-6-2-1-3-7-15)8-4-5-13-9-11-14(18)12-10-13/h1-3,6-12,18H,4-5,17H2. The van der Waals surface area contributed by atoms with Crippen LogP contribution >= 0.6 is 0 Å². The van der Waals surface area contributed by atoms with Crippen molar-refractivity contribution in [2.45, 2.75) is 17.7 Å². The summed E-state index contributed by atoms with van der Waals surface area (Å²) >= 11 is 0. The first-order valence-electron chi connectivity index (χ1n) is 6.54. The van der Waals surface area contributed by atoms with Gasteiger partial charge in [-0.15, -0.1) is 0 Å². The third-order valence-electron chi connectivity index (χ3n) is 3.08. The molecule has 5 heteroatoms. The van der Waals surface area contributed by atoms with E-state index in [0.717, 1.165) is 5.56 Å². The van der Waals surface area contributed by atoms with Crippen molar-refractivity contribution in [3.8, 4) is 5.75 Å². The number of aromatic hydroxyl groups is 1. The molecule has 0 spiro atoms. The van der Waals surface area contributed by atoms with E-state index in [1.54, 1.807) is 42.5 Å². The average molecular weight is 303 g/mol. The Kier molecular flexibility index (Phi) is 4.65. The molecular weight excluding hydrogens is 286 g/mol. The van der Waals surface area contributed by atoms with Gasteiger partial charge < -0.3 is 10.8 Å². The summed E-state index contributed by atoms with van der Waals surface area (Å²) in [7, 11) is -3.60. The number of sulfone groups is 1. The first kappa shape index (κ1) is 15.1. The maximum Gasteiger partial charge on any atom is 0.220 e. The molecule has 0 amide bonds. The summed E-state index contributed by atoms with van der Waals surface area (Å²) in [5.41, 5.74) is 6.71. The molecule has 3 N–H and O–H groups in total. The van der Waals surface area contributed by atoms with Gasteiger partial charge in [0, 0.05) is 0 Å². The van der Waals surface area contributed by atoms with Crippen LogP contribution in [0.25, 0.3) is 0 Å². The van der Waals surface area contributed by atoms with Crippen LogP contribution < -0.4 is 5.73 Å². The highest BCUT2D eigenvalue weighted by Gasteiger charge is 2.16. The van der Waals surface area contributed by atoms with E-state index in [1.165, 1.54) is 18.2 Å². The van der Waals surface area contributed by atoms with Gasteiger partial charge in [-0.3, -0.25) is 0 Å². The van der Waals surface area contributed by atoms with E-state index in [0.29, 0.717) is 12.8 Å². The minimum absolute atomic E-state index is 0.132. The lowest BCUT2D eigenvalue weighted by atomic mass is 10.1. The Morgan fingerprint density at radius 2 is 1.67 bits per heavy atom. The van der Waals surface area contributed by atoms with Crippen LogP contribution in [-0.2, 0) is 16.3 Å². The van der Waals surface area contributed by atoms with Gasteiger partial charge in [0.1, 0.15) is 10.8 Å². The van der Waals surface area contributed by atoms with Crippen LogP contribution in [0.15, 0.2) is 70.6 Å². The highest BCUT2D eigenvalue weighted by molar-refractivity contribution is 7.95. The molecule has 0 bridgehead atoms. The second-order valence-electron chi connectivity index (χ2n) is 4.63. The van der Waals surface area contributed by atoms with Crippen LogP contribution in [0.1, 0.15) is 12.0 Å². The summed E-state index contributed by atoms with van der Waals surface area (Å²) in [5.74, 6) is 0.209. The Bertz CT molecular complexity index is 720. The normalized spacial score (nSPS) is 12.3. The molecule has 0 radical (unpaired) electrons. The number of allylic oxidation sites excluding steroid dienone is 1. The van der Waals surface area contributed by atoms with Crippen molar-refractivity contribution in [1.29, 1.82) is 0 Å². The van der Waals surface area contributed by atoms with Gasteiger partial charge in [0.15, 0.2) is 0 Å². The molecule has 2 aromatic carbocycles. The number of phenolic OH excluding ortho intramolecular Hbond substituents is 1. The number of rotatable bonds is 5. The largest absolute Gasteiger partial charge is 0.508 e. The van der Waals surface area contributed by atoms with E-state index >= 15 is 0 Å². The first-order chi connectivity index (χ1) is 10.00. The number of nitrogens with two attached hydrogens (primary N) is 1. The van der Waals surface area contributed by atoms with Gasteiger partial charge in [-0.05, 0) is 48.7 Å². The zero-order chi connectivity index (χ0) is 15.3. The third kappa shape index (κ3) is 3.86. The summed E-state index contributed by atoms with van der Waals surface area (Å²) < 4.78 is 24.4. The van der Waals surface area contributed by atoms with Gasteiger partial charge in [-0.1, -0.05) is 30.3 Å². The van der Waals surface area contributed by atoms with Crippen molar-refractivity contribution < 1.29 is 13.5 Å². The molecule has 0 saturated heterocycles. The lowest BCUT2D eigenvalue weighted by molar-refractivity contribution is 0.475. The van der Waals surface area contributed by atoms with Gasteiger partial charge in [0.05, 0.1) is 4.90 Å². The molecule has 2 aromatic rings. The van der Waals surface area contributed by atoms with Crippen LogP contribution in [-0.4, -0.2) is 13.5 Å². The number of hydrogen-bond donors (Lipinski definition) is 2. The molecule has 0 heterocycles. The Balaban J connectivity index is 2.06. The van der Waals surface area contributed by atoms with E-state index in [9.17, 15) is 13.5 Å². The maximum atomic E-state index is 12.2. The summed E-state index contributed by atoms with van der Waals surface area (Å²) in [5, 5.41) is 9.06. The smallest absolute Gasteiger partial charge is 0.220 e. The van der Waals surface area contributed by atoms with E-state index in [2.05, 4.69) is 0 Å². The van der Waals surface area contributed by atoms with Crippen molar-refractivity contribution in [1.82, 2.24) is 0 Å². The summed E-state index contributed by atoms with van der Waals surface area (Å²) in [4.78, 5) is 0.198. The van der Waals surface area contributed by atoms with Crippen LogP contribution in [0.5, 0.6) is 5.75 Å². The molecule has 21 heavy (non-hydrogen) atoms. The van der Waals surface area contributed by atoms with E-state index in [4.69, 9.17) is 5.73 Å². The highest BCUT2D eigenvalue weighted by Crippen LogP contribution is 2.16. The second-order valence-corrected chi connectivity index (χ2v) is 6.58. The molecule has 110 valence electrons. The number of benzene rings is 2. The number of hydrogen-bond acceptors (Lipinski definition) is 4. The van der Waals surface area contributed by atoms with Gasteiger partial charge in [0.2, 0.25) is 9.84 Å². The monoisotopic (exact) mass is 303 g/mol. The van der Waals surface area contributed by atoms with Gasteiger partial charge in [-0.25, -0.2) is 8.42 Å². The molecule has 0 aromatic heterocycles. The predicted octanol–water partition coefficient (Wildman–Crippen LogP) is 2.60. The minimum Gasteiger partial charge on any atom is -0.508 e. The fourth-order valence-electron chi connectivity index (χ4n) is 1.89. The second kappa shape index (κ2) is 6.45. The lowest BCUT2D eigenvalue weighted by Gasteiger charge is -2.04. The molecule has 4 nitrogen and oxygen atoms in total. The highest BCUT2D eigenvalue weighted by atomic mass is 32.2. The SMILES string of the molecule is NC(=CCCc1ccc(O)cc1)S(=O)(=O)c1ccccc1. The average Bonchev–Trinajstić information content (AvgIpc) is 2.50. The maximum absolute atomic E-state index is 12.2. The van der Waals surface area contributed by atoms with E-state index < -0.39 is 9.84 Å². The number of aryl methyl sites for hydroxylation is 1. The molecule has 0 aliphatic carbocycles. The van der Waals surface area contributed by atoms with Crippen molar-refractivity contribution in [3.63, 3.8) is 0 Å². The van der Waals surface area contributed by atoms with E-state index in [1.807, 2.05) is 0 Å². The zero-order valence-electron chi connectivity index (χ0n) is 11.4. The zero-order valence-corrected chi connectivity index (χ0v) is 12.3. The Labute approximate surface area is 124 Å². The van der Waals surface area contributed by atoms with Crippen LogP contribution in [0.4, 0.5) is 0 Å². The predicted molar refractivity (Wildman–Crippen MR) is 82.3 cm³/mol.